The number of rotatable bonds is 4. The van der Waals surface area contributed by atoms with Gasteiger partial charge in [-0.1, -0.05) is 58.0 Å². The highest BCUT2D eigenvalue weighted by molar-refractivity contribution is 5.69. The summed E-state index contributed by atoms with van der Waals surface area (Å²) in [7, 11) is 0. The van der Waals surface area contributed by atoms with Gasteiger partial charge in [0.15, 0.2) is 0 Å². The molecular formula is C14H20O. The molecule has 1 aromatic carbocycles. The van der Waals surface area contributed by atoms with Gasteiger partial charge in [0.1, 0.15) is 6.29 Å². The van der Waals surface area contributed by atoms with Gasteiger partial charge in [0.25, 0.3) is 0 Å². The normalized spacial score (nSPS) is 12.1. The Labute approximate surface area is 92.5 Å². The second kappa shape index (κ2) is 4.61. The fraction of sp³-hybridized carbons (Fsp3) is 0.500. The van der Waals surface area contributed by atoms with Gasteiger partial charge in [0.05, 0.1) is 5.41 Å². The smallest absolute Gasteiger partial charge is 0.131 e. The molecule has 82 valence electrons. The molecule has 0 heterocycles. The van der Waals surface area contributed by atoms with Crippen molar-refractivity contribution in [2.45, 2.75) is 33.1 Å². The van der Waals surface area contributed by atoms with E-state index in [0.29, 0.717) is 11.8 Å². The molecule has 0 aromatic heterocycles. The van der Waals surface area contributed by atoms with Crippen LogP contribution in [0.1, 0.15) is 33.3 Å². The van der Waals surface area contributed by atoms with Crippen molar-refractivity contribution in [1.82, 2.24) is 0 Å². The molecule has 0 aliphatic rings. The summed E-state index contributed by atoms with van der Waals surface area (Å²) in [6.07, 6.45) is 1.12. The maximum atomic E-state index is 11.5. The lowest BCUT2D eigenvalue weighted by Crippen LogP contribution is -2.39. The van der Waals surface area contributed by atoms with Gasteiger partial charge in [0, 0.05) is 0 Å². The summed E-state index contributed by atoms with van der Waals surface area (Å²) >= 11 is 0. The highest BCUT2D eigenvalue weighted by Gasteiger charge is 2.38. The van der Waals surface area contributed by atoms with Crippen molar-refractivity contribution in [2.75, 3.05) is 0 Å². The first-order chi connectivity index (χ1) is 7.05. The summed E-state index contributed by atoms with van der Waals surface area (Å²) in [5, 5.41) is 0. The van der Waals surface area contributed by atoms with E-state index in [1.807, 2.05) is 18.2 Å². The molecule has 0 N–H and O–H groups in total. The molecule has 0 radical (unpaired) electrons. The van der Waals surface area contributed by atoms with Gasteiger partial charge in [0.2, 0.25) is 0 Å². The van der Waals surface area contributed by atoms with E-state index in [0.717, 1.165) is 11.8 Å². The molecule has 0 fully saturated rings. The molecule has 1 nitrogen and oxygen atoms in total. The predicted molar refractivity (Wildman–Crippen MR) is 63.9 cm³/mol. The summed E-state index contributed by atoms with van der Waals surface area (Å²) in [6.45, 7) is 8.45. The van der Waals surface area contributed by atoms with Gasteiger partial charge in [-0.3, -0.25) is 0 Å². The van der Waals surface area contributed by atoms with Gasteiger partial charge in [-0.25, -0.2) is 0 Å². The lowest BCUT2D eigenvalue weighted by Gasteiger charge is -2.36. The predicted octanol–water partition coefficient (Wildman–Crippen LogP) is 3.44. The van der Waals surface area contributed by atoms with Crippen molar-refractivity contribution >= 4 is 6.29 Å². The number of hydrogen-bond acceptors (Lipinski definition) is 1. The molecule has 0 unspecified atom stereocenters. The van der Waals surface area contributed by atoms with Crippen molar-refractivity contribution in [2.24, 2.45) is 11.8 Å². The quantitative estimate of drug-likeness (QED) is 0.687. The molecule has 0 bridgehead atoms. The molecule has 0 saturated heterocycles. The van der Waals surface area contributed by atoms with E-state index < -0.39 is 0 Å². The number of carbonyl (C=O) groups is 1. The number of carbonyl (C=O) groups excluding carboxylic acids is 1. The highest BCUT2D eigenvalue weighted by atomic mass is 16.1. The molecule has 1 aromatic rings. The van der Waals surface area contributed by atoms with E-state index in [9.17, 15) is 4.79 Å². The molecule has 0 saturated carbocycles. The first kappa shape index (κ1) is 12.0. The molecule has 0 aliphatic carbocycles. The highest BCUT2D eigenvalue weighted by Crippen LogP contribution is 2.37. The Morgan fingerprint density at radius 2 is 1.47 bits per heavy atom. The average molecular weight is 204 g/mol. The molecular weight excluding hydrogens is 184 g/mol. The largest absolute Gasteiger partial charge is 0.302 e. The molecule has 0 spiro atoms. The number of aldehydes is 1. The molecule has 0 aliphatic heterocycles. The molecule has 15 heavy (non-hydrogen) atoms. The molecule has 0 amide bonds. The first-order valence-corrected chi connectivity index (χ1v) is 5.57. The lowest BCUT2D eigenvalue weighted by atomic mass is 9.66. The third kappa shape index (κ3) is 1.97. The van der Waals surface area contributed by atoms with E-state index in [1.165, 1.54) is 0 Å². The third-order valence-electron chi connectivity index (χ3n) is 3.38. The van der Waals surface area contributed by atoms with Crippen LogP contribution >= 0.6 is 0 Å². The van der Waals surface area contributed by atoms with Crippen LogP contribution in [-0.4, -0.2) is 6.29 Å². The Kier molecular flexibility index (Phi) is 3.67. The van der Waals surface area contributed by atoms with E-state index in [-0.39, 0.29) is 5.41 Å². The van der Waals surface area contributed by atoms with Crippen LogP contribution in [0.4, 0.5) is 0 Å². The Hall–Kier alpha value is -1.11. The third-order valence-corrected chi connectivity index (χ3v) is 3.38. The minimum Gasteiger partial charge on any atom is -0.302 e. The van der Waals surface area contributed by atoms with Crippen LogP contribution < -0.4 is 0 Å². The second-order valence-electron chi connectivity index (χ2n) is 4.73. The first-order valence-electron chi connectivity index (χ1n) is 5.57. The summed E-state index contributed by atoms with van der Waals surface area (Å²) in [5.41, 5.74) is 0.784. The summed E-state index contributed by atoms with van der Waals surface area (Å²) in [6, 6.07) is 10.1. The number of hydrogen-bond donors (Lipinski definition) is 0. The second-order valence-corrected chi connectivity index (χ2v) is 4.73. The molecule has 1 rings (SSSR count). The maximum absolute atomic E-state index is 11.5. The number of benzene rings is 1. The van der Waals surface area contributed by atoms with Crippen molar-refractivity contribution in [3.8, 4) is 0 Å². The minimum atomic E-state index is -0.346. The monoisotopic (exact) mass is 204 g/mol. The van der Waals surface area contributed by atoms with Crippen molar-refractivity contribution in [3.63, 3.8) is 0 Å². The van der Waals surface area contributed by atoms with Crippen LogP contribution in [0.2, 0.25) is 0 Å². The summed E-state index contributed by atoms with van der Waals surface area (Å²) in [5.74, 6) is 0.634. The Morgan fingerprint density at radius 3 is 1.80 bits per heavy atom. The van der Waals surface area contributed by atoms with E-state index in [1.54, 1.807) is 0 Å². The fourth-order valence-electron chi connectivity index (χ4n) is 2.40. The van der Waals surface area contributed by atoms with Crippen LogP contribution in [0.15, 0.2) is 30.3 Å². The zero-order valence-electron chi connectivity index (χ0n) is 10.0. The fourth-order valence-corrected chi connectivity index (χ4v) is 2.40. The van der Waals surface area contributed by atoms with Crippen molar-refractivity contribution in [1.29, 1.82) is 0 Å². The van der Waals surface area contributed by atoms with Crippen LogP contribution in [0.25, 0.3) is 0 Å². The Balaban J connectivity index is 3.28. The van der Waals surface area contributed by atoms with Gasteiger partial charge in [-0.2, -0.15) is 0 Å². The van der Waals surface area contributed by atoms with Crippen LogP contribution in [0.5, 0.6) is 0 Å². The van der Waals surface area contributed by atoms with Gasteiger partial charge in [-0.15, -0.1) is 0 Å². The van der Waals surface area contributed by atoms with E-state index in [2.05, 4.69) is 39.8 Å². The Bertz CT molecular complexity index is 303. The molecule has 1 heteroatoms. The van der Waals surface area contributed by atoms with Gasteiger partial charge in [-0.05, 0) is 17.4 Å². The van der Waals surface area contributed by atoms with E-state index in [4.69, 9.17) is 0 Å². The van der Waals surface area contributed by atoms with Gasteiger partial charge >= 0.3 is 0 Å². The standard InChI is InChI=1S/C14H20O/c1-11(2)14(10-15,12(3)4)13-8-6-5-7-9-13/h5-12H,1-4H3. The van der Waals surface area contributed by atoms with Crippen LogP contribution in [-0.2, 0) is 10.2 Å². The maximum Gasteiger partial charge on any atom is 0.131 e. The SMILES string of the molecule is CC(C)C(C=O)(c1ccccc1)C(C)C. The molecule has 0 atom stereocenters. The lowest BCUT2D eigenvalue weighted by molar-refractivity contribution is -0.115. The average Bonchev–Trinajstić information content (AvgIpc) is 2.20. The van der Waals surface area contributed by atoms with Gasteiger partial charge < -0.3 is 4.79 Å². The minimum absolute atomic E-state index is 0.317. The zero-order chi connectivity index (χ0) is 11.5. The summed E-state index contributed by atoms with van der Waals surface area (Å²) < 4.78 is 0. The zero-order valence-corrected chi connectivity index (χ0v) is 10.0. The summed E-state index contributed by atoms with van der Waals surface area (Å²) in [4.78, 5) is 11.5. The Morgan fingerprint density at radius 1 is 1.00 bits per heavy atom. The van der Waals surface area contributed by atoms with Crippen molar-refractivity contribution in [3.05, 3.63) is 35.9 Å². The van der Waals surface area contributed by atoms with Crippen LogP contribution in [0.3, 0.4) is 0 Å². The van der Waals surface area contributed by atoms with Crippen molar-refractivity contribution < 1.29 is 4.79 Å². The van der Waals surface area contributed by atoms with Crippen LogP contribution in [0, 0.1) is 11.8 Å². The topological polar surface area (TPSA) is 17.1 Å². The van der Waals surface area contributed by atoms with E-state index >= 15 is 0 Å².